The van der Waals surface area contributed by atoms with Gasteiger partial charge in [0, 0.05) is 7.11 Å². The number of ether oxygens (including phenoxy) is 3. The summed E-state index contributed by atoms with van der Waals surface area (Å²) in [7, 11) is 1.62. The van der Waals surface area contributed by atoms with E-state index in [0.29, 0.717) is 24.5 Å². The second kappa shape index (κ2) is 7.90. The SMILES string of the molecule is COCCOc1ccccc1C(=O)OC1CCCCC1. The Labute approximate surface area is 120 Å². The Balaban J connectivity index is 1.97. The van der Waals surface area contributed by atoms with Crippen LogP contribution in [0.3, 0.4) is 0 Å². The Hall–Kier alpha value is -1.55. The van der Waals surface area contributed by atoms with Gasteiger partial charge in [0.15, 0.2) is 0 Å². The molecule has 110 valence electrons. The molecule has 0 heterocycles. The minimum atomic E-state index is -0.287. The minimum Gasteiger partial charge on any atom is -0.490 e. The molecule has 1 aliphatic carbocycles. The first kappa shape index (κ1) is 14.9. The first-order valence-corrected chi connectivity index (χ1v) is 7.23. The van der Waals surface area contributed by atoms with Gasteiger partial charge in [-0.25, -0.2) is 4.79 Å². The lowest BCUT2D eigenvalue weighted by atomic mass is 9.98. The van der Waals surface area contributed by atoms with E-state index < -0.39 is 0 Å². The van der Waals surface area contributed by atoms with Crippen molar-refractivity contribution in [3.8, 4) is 5.75 Å². The van der Waals surface area contributed by atoms with Crippen molar-refractivity contribution in [2.75, 3.05) is 20.3 Å². The maximum absolute atomic E-state index is 12.2. The zero-order valence-corrected chi connectivity index (χ0v) is 12.0. The van der Waals surface area contributed by atoms with Crippen LogP contribution in [0.1, 0.15) is 42.5 Å². The van der Waals surface area contributed by atoms with E-state index >= 15 is 0 Å². The summed E-state index contributed by atoms with van der Waals surface area (Å²) in [5.41, 5.74) is 0.495. The molecule has 4 heteroatoms. The molecule has 1 aromatic rings. The first-order valence-electron chi connectivity index (χ1n) is 7.23. The molecule has 0 atom stereocenters. The number of benzene rings is 1. The van der Waals surface area contributed by atoms with Gasteiger partial charge < -0.3 is 14.2 Å². The highest BCUT2D eigenvalue weighted by Crippen LogP contribution is 2.24. The Morgan fingerprint density at radius 2 is 1.90 bits per heavy atom. The molecule has 0 N–H and O–H groups in total. The fraction of sp³-hybridized carbons (Fsp3) is 0.562. The maximum atomic E-state index is 12.2. The summed E-state index contributed by atoms with van der Waals surface area (Å²) < 4.78 is 16.1. The highest BCUT2D eigenvalue weighted by molar-refractivity contribution is 5.92. The van der Waals surface area contributed by atoms with Crippen molar-refractivity contribution >= 4 is 5.97 Å². The summed E-state index contributed by atoms with van der Waals surface area (Å²) >= 11 is 0. The molecular weight excluding hydrogens is 256 g/mol. The van der Waals surface area contributed by atoms with Gasteiger partial charge in [-0.2, -0.15) is 0 Å². The van der Waals surface area contributed by atoms with Gasteiger partial charge in [-0.3, -0.25) is 0 Å². The van der Waals surface area contributed by atoms with Gasteiger partial charge in [0.05, 0.1) is 6.61 Å². The molecule has 2 rings (SSSR count). The quantitative estimate of drug-likeness (QED) is 0.592. The molecule has 0 saturated heterocycles. The van der Waals surface area contributed by atoms with Crippen molar-refractivity contribution in [2.45, 2.75) is 38.2 Å². The van der Waals surface area contributed by atoms with Crippen LogP contribution in [-0.4, -0.2) is 32.4 Å². The van der Waals surface area contributed by atoms with Crippen LogP contribution in [0.5, 0.6) is 5.75 Å². The molecule has 1 fully saturated rings. The third kappa shape index (κ3) is 4.23. The fourth-order valence-corrected chi connectivity index (χ4v) is 2.39. The van der Waals surface area contributed by atoms with E-state index in [4.69, 9.17) is 14.2 Å². The lowest BCUT2D eigenvalue weighted by molar-refractivity contribution is 0.0206. The van der Waals surface area contributed by atoms with Crippen LogP contribution in [0.4, 0.5) is 0 Å². The van der Waals surface area contributed by atoms with Crippen molar-refractivity contribution in [3.63, 3.8) is 0 Å². The number of methoxy groups -OCH3 is 1. The standard InChI is InChI=1S/C16H22O4/c1-18-11-12-19-15-10-6-5-9-14(15)16(17)20-13-7-3-2-4-8-13/h5-6,9-10,13H,2-4,7-8,11-12H2,1H3. The van der Waals surface area contributed by atoms with Crippen molar-refractivity contribution in [1.29, 1.82) is 0 Å². The third-order valence-electron chi connectivity index (χ3n) is 3.48. The van der Waals surface area contributed by atoms with Crippen LogP contribution in [-0.2, 0) is 9.47 Å². The Morgan fingerprint density at radius 3 is 2.65 bits per heavy atom. The van der Waals surface area contributed by atoms with Gasteiger partial charge in [-0.15, -0.1) is 0 Å². The summed E-state index contributed by atoms with van der Waals surface area (Å²) in [5, 5.41) is 0. The summed E-state index contributed by atoms with van der Waals surface area (Å²) in [6.07, 6.45) is 5.53. The Kier molecular flexibility index (Phi) is 5.87. The van der Waals surface area contributed by atoms with Crippen molar-refractivity contribution in [3.05, 3.63) is 29.8 Å². The van der Waals surface area contributed by atoms with Crippen LogP contribution in [0.15, 0.2) is 24.3 Å². The number of carbonyl (C=O) groups is 1. The second-order valence-corrected chi connectivity index (χ2v) is 5.00. The molecule has 0 bridgehead atoms. The number of esters is 1. The lowest BCUT2D eigenvalue weighted by Crippen LogP contribution is -2.21. The molecule has 4 nitrogen and oxygen atoms in total. The second-order valence-electron chi connectivity index (χ2n) is 5.00. The van der Waals surface area contributed by atoms with Gasteiger partial charge >= 0.3 is 5.97 Å². The largest absolute Gasteiger partial charge is 0.490 e. The molecule has 1 saturated carbocycles. The van der Waals surface area contributed by atoms with Crippen molar-refractivity contribution < 1.29 is 19.0 Å². The summed E-state index contributed by atoms with van der Waals surface area (Å²) in [6, 6.07) is 7.20. The van der Waals surface area contributed by atoms with Crippen molar-refractivity contribution in [1.82, 2.24) is 0 Å². The van der Waals surface area contributed by atoms with Crippen LogP contribution in [0.25, 0.3) is 0 Å². The van der Waals surface area contributed by atoms with Crippen LogP contribution in [0, 0.1) is 0 Å². The number of rotatable bonds is 6. The van der Waals surface area contributed by atoms with Crippen LogP contribution in [0.2, 0.25) is 0 Å². The molecular formula is C16H22O4. The summed E-state index contributed by atoms with van der Waals surface area (Å²) in [6.45, 7) is 0.913. The molecule has 1 aromatic carbocycles. The predicted octanol–water partition coefficient (Wildman–Crippen LogP) is 3.20. The highest BCUT2D eigenvalue weighted by atomic mass is 16.5. The van der Waals surface area contributed by atoms with E-state index in [0.717, 1.165) is 25.7 Å². The summed E-state index contributed by atoms with van der Waals surface area (Å²) in [4.78, 5) is 12.2. The number of para-hydroxylation sites is 1. The average molecular weight is 278 g/mol. The van der Waals surface area contributed by atoms with Crippen LogP contribution < -0.4 is 4.74 Å². The summed E-state index contributed by atoms with van der Waals surface area (Å²) in [5.74, 6) is 0.273. The normalized spacial score (nSPS) is 15.8. The van der Waals surface area contributed by atoms with E-state index in [-0.39, 0.29) is 12.1 Å². The monoisotopic (exact) mass is 278 g/mol. The van der Waals surface area contributed by atoms with Gasteiger partial charge in [0.25, 0.3) is 0 Å². The lowest BCUT2D eigenvalue weighted by Gasteiger charge is -2.22. The van der Waals surface area contributed by atoms with Crippen LogP contribution >= 0.6 is 0 Å². The number of carbonyl (C=O) groups excluding carboxylic acids is 1. The topological polar surface area (TPSA) is 44.8 Å². The average Bonchev–Trinajstić information content (AvgIpc) is 2.49. The molecule has 0 aromatic heterocycles. The van der Waals surface area contributed by atoms with Gasteiger partial charge in [0.2, 0.25) is 0 Å². The highest BCUT2D eigenvalue weighted by Gasteiger charge is 2.20. The Bertz CT molecular complexity index is 424. The van der Waals surface area contributed by atoms with Crippen molar-refractivity contribution in [2.24, 2.45) is 0 Å². The molecule has 20 heavy (non-hydrogen) atoms. The molecule has 0 spiro atoms. The molecule has 0 unspecified atom stereocenters. The molecule has 0 amide bonds. The van der Waals surface area contributed by atoms with Gasteiger partial charge in [0.1, 0.15) is 24.0 Å². The van der Waals surface area contributed by atoms with Gasteiger partial charge in [-0.05, 0) is 37.8 Å². The van der Waals surface area contributed by atoms with E-state index in [1.54, 1.807) is 19.2 Å². The van der Waals surface area contributed by atoms with Gasteiger partial charge in [-0.1, -0.05) is 18.6 Å². The van der Waals surface area contributed by atoms with E-state index in [1.165, 1.54) is 6.42 Å². The van der Waals surface area contributed by atoms with E-state index in [1.807, 2.05) is 12.1 Å². The molecule has 1 aliphatic rings. The zero-order valence-electron chi connectivity index (χ0n) is 12.0. The Morgan fingerprint density at radius 1 is 1.15 bits per heavy atom. The predicted molar refractivity (Wildman–Crippen MR) is 76.1 cm³/mol. The minimum absolute atomic E-state index is 0.0586. The maximum Gasteiger partial charge on any atom is 0.342 e. The number of hydrogen-bond donors (Lipinski definition) is 0. The smallest absolute Gasteiger partial charge is 0.342 e. The third-order valence-corrected chi connectivity index (χ3v) is 3.48. The molecule has 0 radical (unpaired) electrons. The van der Waals surface area contributed by atoms with E-state index in [2.05, 4.69) is 0 Å². The first-order chi connectivity index (χ1) is 9.81. The van der Waals surface area contributed by atoms with E-state index in [9.17, 15) is 4.79 Å². The number of hydrogen-bond acceptors (Lipinski definition) is 4. The molecule has 0 aliphatic heterocycles. The fourth-order valence-electron chi connectivity index (χ4n) is 2.39. The zero-order chi connectivity index (χ0) is 14.2.